The molecule has 4 nitrogen and oxygen atoms in total. The fourth-order valence-electron chi connectivity index (χ4n) is 3.28. The standard InChI is InChI=1S/C25H29ClN2O2S/c1-14-8-9-16(13-19(14)26)27-23-28-22(30)20(31-23)12-15-10-17(24(2,3)4)21(29)18(11-15)25(5,6)7/h8-13,29H,1-7H3,(H,27,28,30)/b20-12-. The highest BCUT2D eigenvalue weighted by molar-refractivity contribution is 8.18. The molecule has 2 aromatic rings. The largest absolute Gasteiger partial charge is 0.507 e. The number of thioether (sulfide) groups is 1. The summed E-state index contributed by atoms with van der Waals surface area (Å²) in [4.78, 5) is 17.6. The summed E-state index contributed by atoms with van der Waals surface area (Å²) in [6.07, 6.45) is 1.86. The van der Waals surface area contributed by atoms with E-state index in [0.717, 1.165) is 22.3 Å². The zero-order valence-electron chi connectivity index (χ0n) is 19.1. The second-order valence-electron chi connectivity index (χ2n) is 9.88. The first-order valence-corrected chi connectivity index (χ1v) is 11.4. The Kier molecular flexibility index (Phi) is 6.32. The molecule has 6 heteroatoms. The van der Waals surface area contributed by atoms with Crippen LogP contribution < -0.4 is 5.32 Å². The Morgan fingerprint density at radius 3 is 2.13 bits per heavy atom. The van der Waals surface area contributed by atoms with Crippen LogP contribution in [0.4, 0.5) is 5.69 Å². The van der Waals surface area contributed by atoms with Gasteiger partial charge in [-0.15, -0.1) is 0 Å². The number of carbonyl (C=O) groups excluding carboxylic acids is 1. The molecule has 0 unspecified atom stereocenters. The van der Waals surface area contributed by atoms with Crippen molar-refractivity contribution in [1.82, 2.24) is 5.32 Å². The van der Waals surface area contributed by atoms with Gasteiger partial charge in [0, 0.05) is 16.1 Å². The molecule has 1 heterocycles. The van der Waals surface area contributed by atoms with Crippen molar-refractivity contribution in [3.63, 3.8) is 0 Å². The average molecular weight is 457 g/mol. The van der Waals surface area contributed by atoms with Gasteiger partial charge in [0.25, 0.3) is 5.91 Å². The fraction of sp³-hybridized carbons (Fsp3) is 0.360. The summed E-state index contributed by atoms with van der Waals surface area (Å²) in [5.74, 6) is 0.133. The lowest BCUT2D eigenvalue weighted by atomic mass is 9.78. The number of aromatic hydroxyl groups is 1. The van der Waals surface area contributed by atoms with Crippen LogP contribution in [0.2, 0.25) is 5.02 Å². The Morgan fingerprint density at radius 1 is 1.03 bits per heavy atom. The van der Waals surface area contributed by atoms with Crippen LogP contribution >= 0.6 is 23.4 Å². The molecule has 3 rings (SSSR count). The van der Waals surface area contributed by atoms with Gasteiger partial charge >= 0.3 is 0 Å². The quantitative estimate of drug-likeness (QED) is 0.486. The molecular formula is C25H29ClN2O2S. The first-order valence-electron chi connectivity index (χ1n) is 10.2. The van der Waals surface area contributed by atoms with E-state index >= 15 is 0 Å². The number of aryl methyl sites for hydroxylation is 1. The van der Waals surface area contributed by atoms with Gasteiger partial charge in [-0.2, -0.15) is 0 Å². The second kappa shape index (κ2) is 8.36. The number of rotatable bonds is 2. The Labute approximate surface area is 193 Å². The van der Waals surface area contributed by atoms with E-state index in [9.17, 15) is 9.90 Å². The number of nitrogens with one attached hydrogen (secondary N) is 1. The van der Waals surface area contributed by atoms with Crippen molar-refractivity contribution in [1.29, 1.82) is 0 Å². The number of carbonyl (C=O) groups is 1. The van der Waals surface area contributed by atoms with E-state index in [2.05, 4.69) is 51.9 Å². The molecule has 0 spiro atoms. The Bertz CT molecular complexity index is 1070. The Hall–Kier alpha value is -2.24. The molecule has 2 N–H and O–H groups in total. The Morgan fingerprint density at radius 2 is 1.61 bits per heavy atom. The van der Waals surface area contributed by atoms with E-state index in [0.29, 0.717) is 26.5 Å². The minimum absolute atomic E-state index is 0.190. The molecule has 164 valence electrons. The zero-order chi connectivity index (χ0) is 23.1. The van der Waals surface area contributed by atoms with Gasteiger partial charge in [0.05, 0.1) is 10.6 Å². The first-order chi connectivity index (χ1) is 14.3. The third-order valence-electron chi connectivity index (χ3n) is 5.08. The van der Waals surface area contributed by atoms with Crippen LogP contribution in [-0.4, -0.2) is 16.2 Å². The minimum Gasteiger partial charge on any atom is -0.507 e. The summed E-state index contributed by atoms with van der Waals surface area (Å²) in [6, 6.07) is 9.47. The maximum Gasteiger partial charge on any atom is 0.264 e. The number of hydrogen-bond acceptors (Lipinski definition) is 4. The number of benzene rings is 2. The monoisotopic (exact) mass is 456 g/mol. The fourth-order valence-corrected chi connectivity index (χ4v) is 4.30. The normalized spacial score (nSPS) is 17.5. The van der Waals surface area contributed by atoms with E-state index in [1.54, 1.807) is 6.07 Å². The summed E-state index contributed by atoms with van der Waals surface area (Å²) in [5, 5.41) is 14.9. The second-order valence-corrected chi connectivity index (χ2v) is 11.3. The molecule has 0 bridgehead atoms. The SMILES string of the molecule is Cc1ccc(N=C2NC(=O)/C(=C/c3cc(C(C)(C)C)c(O)c(C(C)(C)C)c3)S2)cc1Cl. The van der Waals surface area contributed by atoms with Crippen LogP contribution in [0.1, 0.15) is 63.8 Å². The van der Waals surface area contributed by atoms with Crippen molar-refractivity contribution in [3.05, 3.63) is 62.5 Å². The molecule has 0 radical (unpaired) electrons. The van der Waals surface area contributed by atoms with Crippen LogP contribution in [0.25, 0.3) is 6.08 Å². The van der Waals surface area contributed by atoms with E-state index in [1.165, 1.54) is 11.8 Å². The maximum atomic E-state index is 12.6. The lowest BCUT2D eigenvalue weighted by Crippen LogP contribution is -2.19. The van der Waals surface area contributed by atoms with E-state index in [4.69, 9.17) is 11.6 Å². The van der Waals surface area contributed by atoms with Crippen molar-refractivity contribution < 1.29 is 9.90 Å². The van der Waals surface area contributed by atoms with Gasteiger partial charge in [-0.1, -0.05) is 59.2 Å². The minimum atomic E-state index is -0.235. The van der Waals surface area contributed by atoms with Gasteiger partial charge in [0.2, 0.25) is 0 Å². The van der Waals surface area contributed by atoms with Crippen LogP contribution in [-0.2, 0) is 15.6 Å². The number of hydrogen-bond donors (Lipinski definition) is 2. The Balaban J connectivity index is 2.00. The van der Waals surface area contributed by atoms with Gasteiger partial charge in [0.15, 0.2) is 5.17 Å². The third kappa shape index (κ3) is 5.34. The van der Waals surface area contributed by atoms with Gasteiger partial charge in [0.1, 0.15) is 5.75 Å². The topological polar surface area (TPSA) is 61.7 Å². The van der Waals surface area contributed by atoms with Crippen LogP contribution in [0.15, 0.2) is 40.2 Å². The number of halogens is 1. The van der Waals surface area contributed by atoms with Gasteiger partial charge in [-0.3, -0.25) is 4.79 Å². The van der Waals surface area contributed by atoms with Gasteiger partial charge in [-0.05, 0) is 71.0 Å². The van der Waals surface area contributed by atoms with Crippen LogP contribution in [0.5, 0.6) is 5.75 Å². The zero-order valence-corrected chi connectivity index (χ0v) is 20.6. The lowest BCUT2D eigenvalue weighted by molar-refractivity contribution is -0.115. The van der Waals surface area contributed by atoms with E-state index in [1.807, 2.05) is 37.3 Å². The van der Waals surface area contributed by atoms with Crippen molar-refractivity contribution in [2.24, 2.45) is 4.99 Å². The van der Waals surface area contributed by atoms with E-state index in [-0.39, 0.29) is 16.7 Å². The highest BCUT2D eigenvalue weighted by atomic mass is 35.5. The van der Waals surface area contributed by atoms with Crippen molar-refractivity contribution in [3.8, 4) is 5.75 Å². The van der Waals surface area contributed by atoms with Crippen LogP contribution in [0, 0.1) is 6.92 Å². The molecule has 0 aliphatic carbocycles. The predicted octanol–water partition coefficient (Wildman–Crippen LogP) is 6.84. The highest BCUT2D eigenvalue weighted by Crippen LogP contribution is 2.41. The van der Waals surface area contributed by atoms with Crippen molar-refractivity contribution in [2.75, 3.05) is 0 Å². The lowest BCUT2D eigenvalue weighted by Gasteiger charge is -2.28. The van der Waals surface area contributed by atoms with Gasteiger partial charge < -0.3 is 10.4 Å². The summed E-state index contributed by atoms with van der Waals surface area (Å²) in [7, 11) is 0. The number of amidine groups is 1. The summed E-state index contributed by atoms with van der Waals surface area (Å²) >= 11 is 7.48. The molecule has 1 fully saturated rings. The van der Waals surface area contributed by atoms with Crippen molar-refractivity contribution in [2.45, 2.75) is 59.3 Å². The first kappa shape index (κ1) is 23.4. The molecule has 2 aromatic carbocycles. The molecule has 1 saturated heterocycles. The molecule has 0 aromatic heterocycles. The predicted molar refractivity (Wildman–Crippen MR) is 133 cm³/mol. The van der Waals surface area contributed by atoms with Crippen LogP contribution in [0.3, 0.4) is 0 Å². The summed E-state index contributed by atoms with van der Waals surface area (Å²) in [6.45, 7) is 14.3. The molecule has 0 saturated carbocycles. The highest BCUT2D eigenvalue weighted by Gasteiger charge is 2.28. The van der Waals surface area contributed by atoms with Gasteiger partial charge in [-0.25, -0.2) is 4.99 Å². The molecular weight excluding hydrogens is 428 g/mol. The number of phenolic OH excluding ortho intramolecular Hbond substituents is 1. The summed E-state index contributed by atoms with van der Waals surface area (Å²) < 4.78 is 0. The number of aliphatic imine (C=N–C) groups is 1. The summed E-state index contributed by atoms with van der Waals surface area (Å²) in [5.41, 5.74) is 3.80. The smallest absolute Gasteiger partial charge is 0.264 e. The number of nitrogens with zero attached hydrogens (tertiary/aromatic N) is 1. The molecule has 1 aliphatic rings. The molecule has 0 atom stereocenters. The number of amides is 1. The third-order valence-corrected chi connectivity index (χ3v) is 6.40. The molecule has 1 aliphatic heterocycles. The number of phenols is 1. The van der Waals surface area contributed by atoms with Crippen molar-refractivity contribution >= 4 is 46.2 Å². The average Bonchev–Trinajstić information content (AvgIpc) is 2.96. The van der Waals surface area contributed by atoms with E-state index < -0.39 is 0 Å². The maximum absolute atomic E-state index is 12.6. The molecule has 31 heavy (non-hydrogen) atoms. The molecule has 1 amide bonds.